The molecule has 17 heavy (non-hydrogen) atoms. The molecule has 0 aromatic carbocycles. The van der Waals surface area contributed by atoms with Crippen molar-refractivity contribution in [1.82, 2.24) is 9.80 Å². The van der Waals surface area contributed by atoms with Crippen LogP contribution in [0.25, 0.3) is 0 Å². The minimum atomic E-state index is -0.132. The molecule has 100 valence electrons. The molecule has 0 N–H and O–H groups in total. The number of carbonyl (C=O) groups is 1. The molecule has 0 unspecified atom stereocenters. The molecule has 5 heteroatoms. The molecule has 1 rings (SSSR count). The van der Waals surface area contributed by atoms with E-state index in [2.05, 4.69) is 17.5 Å². The van der Waals surface area contributed by atoms with Gasteiger partial charge >= 0.3 is 0 Å². The van der Waals surface area contributed by atoms with Crippen LogP contribution < -0.4 is 0 Å². The SMILES string of the molecule is COCCCN1CCC(CN(C)C(=O)S)CC1. The number of nitrogens with zero attached hydrogens (tertiary/aromatic N) is 2. The average Bonchev–Trinajstić information content (AvgIpc) is 2.31. The molecule has 0 radical (unpaired) electrons. The largest absolute Gasteiger partial charge is 0.385 e. The fraction of sp³-hybridized carbons (Fsp3) is 0.917. The van der Waals surface area contributed by atoms with Gasteiger partial charge in [0.05, 0.1) is 0 Å². The summed E-state index contributed by atoms with van der Waals surface area (Å²) >= 11 is 3.83. The van der Waals surface area contributed by atoms with E-state index < -0.39 is 0 Å². The van der Waals surface area contributed by atoms with Gasteiger partial charge in [-0.15, -0.1) is 0 Å². The quantitative estimate of drug-likeness (QED) is 0.583. The van der Waals surface area contributed by atoms with Gasteiger partial charge in [0, 0.05) is 33.9 Å². The number of thiol groups is 1. The van der Waals surface area contributed by atoms with Crippen molar-refractivity contribution in [2.75, 3.05) is 46.9 Å². The Morgan fingerprint density at radius 2 is 2.12 bits per heavy atom. The highest BCUT2D eigenvalue weighted by molar-refractivity contribution is 7.96. The van der Waals surface area contributed by atoms with Gasteiger partial charge in [0.2, 0.25) is 0 Å². The van der Waals surface area contributed by atoms with E-state index in [0.29, 0.717) is 5.92 Å². The minimum absolute atomic E-state index is 0.132. The van der Waals surface area contributed by atoms with Crippen LogP contribution in [0.15, 0.2) is 0 Å². The van der Waals surface area contributed by atoms with Gasteiger partial charge in [0.25, 0.3) is 5.24 Å². The van der Waals surface area contributed by atoms with Crippen LogP contribution in [0, 0.1) is 5.92 Å². The lowest BCUT2D eigenvalue weighted by molar-refractivity contribution is 0.138. The lowest BCUT2D eigenvalue weighted by Gasteiger charge is -2.33. The van der Waals surface area contributed by atoms with E-state index in [-0.39, 0.29) is 5.24 Å². The summed E-state index contributed by atoms with van der Waals surface area (Å²) in [5.41, 5.74) is 0. The maximum atomic E-state index is 11.0. The first-order valence-electron chi connectivity index (χ1n) is 6.29. The Kier molecular flexibility index (Phi) is 6.92. The summed E-state index contributed by atoms with van der Waals surface area (Å²) in [6.45, 7) is 5.10. The second-order valence-electron chi connectivity index (χ2n) is 4.79. The van der Waals surface area contributed by atoms with Crippen molar-refractivity contribution < 1.29 is 9.53 Å². The lowest BCUT2D eigenvalue weighted by atomic mass is 9.96. The van der Waals surface area contributed by atoms with Crippen LogP contribution in [-0.4, -0.2) is 62.0 Å². The lowest BCUT2D eigenvalue weighted by Crippen LogP contribution is -2.38. The smallest absolute Gasteiger partial charge is 0.278 e. The number of hydrogen-bond donors (Lipinski definition) is 1. The zero-order valence-corrected chi connectivity index (χ0v) is 11.8. The standard InChI is InChI=1S/C12H24N2O2S/c1-13(12(15)17)10-11-4-7-14(8-5-11)6-3-9-16-2/h11H,3-10H2,1-2H3,(H,15,17). The van der Waals surface area contributed by atoms with Crippen LogP contribution in [0.2, 0.25) is 0 Å². The molecule has 1 aliphatic rings. The van der Waals surface area contributed by atoms with Crippen molar-refractivity contribution in [3.63, 3.8) is 0 Å². The van der Waals surface area contributed by atoms with Crippen LogP contribution >= 0.6 is 12.6 Å². The minimum Gasteiger partial charge on any atom is -0.385 e. The zero-order chi connectivity index (χ0) is 12.7. The molecular formula is C12H24N2O2S. The molecule has 4 nitrogen and oxygen atoms in total. The van der Waals surface area contributed by atoms with E-state index in [0.717, 1.165) is 39.2 Å². The molecule has 0 aromatic heterocycles. The van der Waals surface area contributed by atoms with Gasteiger partial charge in [-0.25, -0.2) is 0 Å². The summed E-state index contributed by atoms with van der Waals surface area (Å²) in [6, 6.07) is 0. The van der Waals surface area contributed by atoms with Gasteiger partial charge in [0.15, 0.2) is 0 Å². The molecule has 0 bridgehead atoms. The van der Waals surface area contributed by atoms with Gasteiger partial charge in [-0.3, -0.25) is 4.79 Å². The third kappa shape index (κ3) is 5.75. The summed E-state index contributed by atoms with van der Waals surface area (Å²) in [7, 11) is 3.57. The Hall–Kier alpha value is -0.260. The topological polar surface area (TPSA) is 32.8 Å². The van der Waals surface area contributed by atoms with Gasteiger partial charge < -0.3 is 14.5 Å². The van der Waals surface area contributed by atoms with Crippen molar-refractivity contribution in [2.45, 2.75) is 19.3 Å². The van der Waals surface area contributed by atoms with Gasteiger partial charge in [-0.1, -0.05) is 12.6 Å². The molecule has 1 fully saturated rings. The van der Waals surface area contributed by atoms with Crippen molar-refractivity contribution in [3.8, 4) is 0 Å². The van der Waals surface area contributed by atoms with Crippen LogP contribution in [0.1, 0.15) is 19.3 Å². The maximum Gasteiger partial charge on any atom is 0.278 e. The Morgan fingerprint density at radius 1 is 1.47 bits per heavy atom. The van der Waals surface area contributed by atoms with E-state index in [1.807, 2.05) is 7.05 Å². The van der Waals surface area contributed by atoms with Crippen LogP contribution in [0.4, 0.5) is 4.79 Å². The number of likely N-dealkylation sites (tertiary alicyclic amines) is 1. The first-order chi connectivity index (χ1) is 8.13. The van der Waals surface area contributed by atoms with Crippen molar-refractivity contribution >= 4 is 17.9 Å². The molecule has 0 saturated carbocycles. The molecule has 1 amide bonds. The van der Waals surface area contributed by atoms with E-state index in [9.17, 15) is 4.79 Å². The molecule has 0 spiro atoms. The van der Waals surface area contributed by atoms with Crippen LogP contribution in [0.3, 0.4) is 0 Å². The molecule has 1 heterocycles. The Morgan fingerprint density at radius 3 is 2.65 bits per heavy atom. The van der Waals surface area contributed by atoms with Gasteiger partial charge in [0.1, 0.15) is 0 Å². The Labute approximate surface area is 110 Å². The predicted molar refractivity (Wildman–Crippen MR) is 72.7 cm³/mol. The fourth-order valence-electron chi connectivity index (χ4n) is 2.29. The Bertz CT molecular complexity index is 231. The molecule has 1 aliphatic heterocycles. The Balaban J connectivity index is 2.15. The average molecular weight is 260 g/mol. The predicted octanol–water partition coefficient (Wildman–Crippen LogP) is 1.72. The molecule has 1 saturated heterocycles. The summed E-state index contributed by atoms with van der Waals surface area (Å²) < 4.78 is 5.05. The number of methoxy groups -OCH3 is 1. The van der Waals surface area contributed by atoms with E-state index in [4.69, 9.17) is 4.74 Å². The highest BCUT2D eigenvalue weighted by Gasteiger charge is 2.20. The van der Waals surface area contributed by atoms with Crippen molar-refractivity contribution in [3.05, 3.63) is 0 Å². The number of rotatable bonds is 6. The summed E-state index contributed by atoms with van der Waals surface area (Å²) in [4.78, 5) is 15.2. The third-order valence-electron chi connectivity index (χ3n) is 3.39. The first kappa shape index (κ1) is 14.8. The second kappa shape index (κ2) is 7.95. The second-order valence-corrected chi connectivity index (χ2v) is 5.18. The fourth-order valence-corrected chi connectivity index (χ4v) is 2.37. The zero-order valence-electron chi connectivity index (χ0n) is 10.9. The number of piperidine rings is 1. The van der Waals surface area contributed by atoms with Crippen molar-refractivity contribution in [2.24, 2.45) is 5.92 Å². The number of carbonyl (C=O) groups excluding carboxylic acids is 1. The molecule has 0 aromatic rings. The van der Waals surface area contributed by atoms with Crippen LogP contribution in [0.5, 0.6) is 0 Å². The third-order valence-corrected chi connectivity index (χ3v) is 3.73. The number of ether oxygens (including phenoxy) is 1. The van der Waals surface area contributed by atoms with Crippen LogP contribution in [-0.2, 0) is 4.74 Å². The molecular weight excluding hydrogens is 236 g/mol. The number of hydrogen-bond acceptors (Lipinski definition) is 3. The molecule has 0 atom stereocenters. The first-order valence-corrected chi connectivity index (χ1v) is 6.73. The molecule has 0 aliphatic carbocycles. The summed E-state index contributed by atoms with van der Waals surface area (Å²) in [5, 5.41) is -0.132. The van der Waals surface area contributed by atoms with Gasteiger partial charge in [-0.2, -0.15) is 0 Å². The van der Waals surface area contributed by atoms with E-state index in [1.54, 1.807) is 12.0 Å². The summed E-state index contributed by atoms with van der Waals surface area (Å²) in [5.74, 6) is 0.634. The highest BCUT2D eigenvalue weighted by Crippen LogP contribution is 2.18. The normalized spacial score (nSPS) is 18.3. The number of amides is 1. The monoisotopic (exact) mass is 260 g/mol. The van der Waals surface area contributed by atoms with Gasteiger partial charge in [-0.05, 0) is 38.3 Å². The highest BCUT2D eigenvalue weighted by atomic mass is 32.1. The maximum absolute atomic E-state index is 11.0. The van der Waals surface area contributed by atoms with E-state index in [1.165, 1.54) is 12.8 Å². The summed E-state index contributed by atoms with van der Waals surface area (Å²) in [6.07, 6.45) is 3.47. The van der Waals surface area contributed by atoms with Crippen molar-refractivity contribution in [1.29, 1.82) is 0 Å². The van der Waals surface area contributed by atoms with E-state index >= 15 is 0 Å².